The molecule has 22 heavy (non-hydrogen) atoms. The first-order valence-electron chi connectivity index (χ1n) is 6.30. The Kier molecular flexibility index (Phi) is 5.05. The summed E-state index contributed by atoms with van der Waals surface area (Å²) in [7, 11) is 0. The summed E-state index contributed by atoms with van der Waals surface area (Å²) in [5, 5.41) is 11.2. The normalized spacial score (nSPS) is 11.9. The number of carboxylic acid groups (broad SMARTS) is 1. The summed E-state index contributed by atoms with van der Waals surface area (Å²) in [6, 6.07) is 2.66. The molecule has 0 fully saturated rings. The maximum Gasteiger partial charge on any atom is 0.417 e. The Bertz CT molecular complexity index is 576. The molecule has 1 amide bonds. The number of amides is 1. The van der Waals surface area contributed by atoms with Crippen LogP contribution in [0.5, 0.6) is 0 Å². The fourth-order valence-corrected chi connectivity index (χ4v) is 1.61. The van der Waals surface area contributed by atoms with Gasteiger partial charge in [-0.1, -0.05) is 6.07 Å². The van der Waals surface area contributed by atoms with Crippen molar-refractivity contribution in [3.63, 3.8) is 0 Å². The highest BCUT2D eigenvalue weighted by atomic mass is 19.4. The van der Waals surface area contributed by atoms with Crippen molar-refractivity contribution in [2.45, 2.75) is 39.1 Å². The number of carbonyl (C=O) groups excluding carboxylic acids is 1. The summed E-state index contributed by atoms with van der Waals surface area (Å²) in [6.07, 6.45) is -5.51. The summed E-state index contributed by atoms with van der Waals surface area (Å²) >= 11 is 0. The monoisotopic (exact) mass is 319 g/mol. The van der Waals surface area contributed by atoms with Crippen molar-refractivity contribution in [1.29, 1.82) is 0 Å². The van der Waals surface area contributed by atoms with Gasteiger partial charge in [0.1, 0.15) is 5.60 Å². The summed E-state index contributed by atoms with van der Waals surface area (Å²) < 4.78 is 43.0. The van der Waals surface area contributed by atoms with Gasteiger partial charge in [-0.25, -0.2) is 9.59 Å². The number of hydrogen-bond acceptors (Lipinski definition) is 3. The lowest BCUT2D eigenvalue weighted by molar-refractivity contribution is -0.138. The quantitative estimate of drug-likeness (QED) is 0.895. The molecule has 0 spiro atoms. The van der Waals surface area contributed by atoms with Crippen molar-refractivity contribution >= 4 is 12.1 Å². The highest BCUT2D eigenvalue weighted by Gasteiger charge is 2.35. The Hall–Kier alpha value is -2.25. The highest BCUT2D eigenvalue weighted by molar-refractivity contribution is 5.90. The first kappa shape index (κ1) is 17.8. The van der Waals surface area contributed by atoms with E-state index in [1.54, 1.807) is 20.8 Å². The van der Waals surface area contributed by atoms with Crippen molar-refractivity contribution in [3.8, 4) is 0 Å². The molecule has 5 nitrogen and oxygen atoms in total. The van der Waals surface area contributed by atoms with Gasteiger partial charge in [0, 0.05) is 6.54 Å². The third kappa shape index (κ3) is 5.27. The third-order valence-corrected chi connectivity index (χ3v) is 2.46. The van der Waals surface area contributed by atoms with Gasteiger partial charge < -0.3 is 15.2 Å². The van der Waals surface area contributed by atoms with E-state index in [0.29, 0.717) is 6.07 Å². The number of ether oxygens (including phenoxy) is 1. The van der Waals surface area contributed by atoms with Gasteiger partial charge in [0.25, 0.3) is 0 Å². The van der Waals surface area contributed by atoms with Crippen LogP contribution in [0.1, 0.15) is 42.3 Å². The lowest BCUT2D eigenvalue weighted by Crippen LogP contribution is -2.32. The van der Waals surface area contributed by atoms with Gasteiger partial charge in [-0.2, -0.15) is 13.2 Å². The van der Waals surface area contributed by atoms with Crippen molar-refractivity contribution in [2.75, 3.05) is 0 Å². The standard InChI is InChI=1S/C14H16F3NO4/c1-13(2,3)22-12(21)18-7-8-4-5-10(14(15,16)17)9(6-8)11(19)20/h4-6H,7H2,1-3H3,(H,18,21)(H,19,20). The molecule has 0 atom stereocenters. The number of carbonyl (C=O) groups is 2. The molecule has 0 saturated heterocycles. The van der Waals surface area contributed by atoms with Crippen molar-refractivity contribution in [3.05, 3.63) is 34.9 Å². The number of hydrogen-bond donors (Lipinski definition) is 2. The van der Waals surface area contributed by atoms with E-state index in [1.807, 2.05) is 0 Å². The van der Waals surface area contributed by atoms with Crippen LogP contribution in [0.25, 0.3) is 0 Å². The SMILES string of the molecule is CC(C)(C)OC(=O)NCc1ccc(C(F)(F)F)c(C(=O)O)c1. The first-order chi connectivity index (χ1) is 9.90. The van der Waals surface area contributed by atoms with Crippen LogP contribution in [0.15, 0.2) is 18.2 Å². The van der Waals surface area contributed by atoms with E-state index in [9.17, 15) is 22.8 Å². The number of aromatic carboxylic acids is 1. The molecule has 0 aliphatic heterocycles. The van der Waals surface area contributed by atoms with E-state index >= 15 is 0 Å². The largest absolute Gasteiger partial charge is 0.478 e. The maximum atomic E-state index is 12.7. The smallest absolute Gasteiger partial charge is 0.417 e. The minimum Gasteiger partial charge on any atom is -0.478 e. The van der Waals surface area contributed by atoms with Gasteiger partial charge >= 0.3 is 18.2 Å². The van der Waals surface area contributed by atoms with Crippen LogP contribution in [0.4, 0.5) is 18.0 Å². The number of halogens is 3. The molecule has 0 heterocycles. The number of rotatable bonds is 3. The Labute approximate surface area is 125 Å². The zero-order chi connectivity index (χ0) is 17.1. The lowest BCUT2D eigenvalue weighted by Gasteiger charge is -2.19. The number of alkyl carbamates (subject to hydrolysis) is 1. The molecule has 0 radical (unpaired) electrons. The zero-order valence-corrected chi connectivity index (χ0v) is 12.2. The number of carboxylic acids is 1. The summed E-state index contributed by atoms with van der Waals surface area (Å²) in [5.41, 5.74) is -2.59. The topological polar surface area (TPSA) is 75.6 Å². The Morgan fingerprint density at radius 1 is 1.23 bits per heavy atom. The van der Waals surface area contributed by atoms with Crippen LogP contribution in [0.2, 0.25) is 0 Å². The molecule has 1 aromatic rings. The van der Waals surface area contributed by atoms with E-state index in [0.717, 1.165) is 12.1 Å². The van der Waals surface area contributed by atoms with E-state index < -0.39 is 35.0 Å². The third-order valence-electron chi connectivity index (χ3n) is 2.46. The molecule has 0 aromatic heterocycles. The average molecular weight is 319 g/mol. The minimum absolute atomic E-state index is 0.146. The van der Waals surface area contributed by atoms with Crippen LogP contribution in [-0.2, 0) is 17.5 Å². The van der Waals surface area contributed by atoms with Crippen molar-refractivity contribution < 1.29 is 32.6 Å². The van der Waals surface area contributed by atoms with Gasteiger partial charge in [0.05, 0.1) is 11.1 Å². The molecular formula is C14H16F3NO4. The number of nitrogens with one attached hydrogen (secondary N) is 1. The number of benzene rings is 1. The van der Waals surface area contributed by atoms with Gasteiger partial charge in [-0.15, -0.1) is 0 Å². The van der Waals surface area contributed by atoms with Gasteiger partial charge in [0.2, 0.25) is 0 Å². The molecular weight excluding hydrogens is 303 g/mol. The summed E-state index contributed by atoms with van der Waals surface area (Å²) in [5.74, 6) is -1.69. The summed E-state index contributed by atoms with van der Waals surface area (Å²) in [4.78, 5) is 22.4. The summed E-state index contributed by atoms with van der Waals surface area (Å²) in [6.45, 7) is 4.83. The van der Waals surface area contributed by atoms with Gasteiger partial charge in [0.15, 0.2) is 0 Å². The van der Waals surface area contributed by atoms with Crippen LogP contribution < -0.4 is 5.32 Å². The van der Waals surface area contributed by atoms with Crippen molar-refractivity contribution in [2.24, 2.45) is 0 Å². The molecule has 122 valence electrons. The molecule has 2 N–H and O–H groups in total. The molecule has 1 aromatic carbocycles. The molecule has 8 heteroatoms. The predicted octanol–water partition coefficient (Wildman–Crippen LogP) is 3.43. The molecule has 0 bridgehead atoms. The fraction of sp³-hybridized carbons (Fsp3) is 0.429. The van der Waals surface area contributed by atoms with Crippen LogP contribution >= 0.6 is 0 Å². The second-order valence-corrected chi connectivity index (χ2v) is 5.54. The Balaban J connectivity index is 2.88. The van der Waals surface area contributed by atoms with E-state index in [4.69, 9.17) is 9.84 Å². The van der Waals surface area contributed by atoms with Crippen LogP contribution in [0.3, 0.4) is 0 Å². The van der Waals surface area contributed by atoms with Crippen LogP contribution in [0, 0.1) is 0 Å². The molecule has 0 unspecified atom stereocenters. The average Bonchev–Trinajstić information content (AvgIpc) is 2.32. The van der Waals surface area contributed by atoms with Gasteiger partial charge in [-0.3, -0.25) is 0 Å². The molecule has 1 rings (SSSR count). The second-order valence-electron chi connectivity index (χ2n) is 5.54. The van der Waals surface area contributed by atoms with E-state index in [2.05, 4.69) is 5.32 Å². The lowest BCUT2D eigenvalue weighted by atomic mass is 10.0. The Morgan fingerprint density at radius 3 is 2.27 bits per heavy atom. The highest BCUT2D eigenvalue weighted by Crippen LogP contribution is 2.32. The number of alkyl halides is 3. The minimum atomic E-state index is -4.76. The fourth-order valence-electron chi connectivity index (χ4n) is 1.61. The molecule has 0 aliphatic rings. The molecule has 0 aliphatic carbocycles. The predicted molar refractivity (Wildman–Crippen MR) is 71.5 cm³/mol. The van der Waals surface area contributed by atoms with Crippen LogP contribution in [-0.4, -0.2) is 22.8 Å². The van der Waals surface area contributed by atoms with Crippen molar-refractivity contribution in [1.82, 2.24) is 5.32 Å². The first-order valence-corrected chi connectivity index (χ1v) is 6.30. The molecule has 0 saturated carbocycles. The maximum absolute atomic E-state index is 12.7. The second kappa shape index (κ2) is 6.25. The van der Waals surface area contributed by atoms with E-state index in [1.165, 1.54) is 0 Å². The van der Waals surface area contributed by atoms with Gasteiger partial charge in [-0.05, 0) is 38.5 Å². The Morgan fingerprint density at radius 2 is 1.82 bits per heavy atom. The van der Waals surface area contributed by atoms with E-state index in [-0.39, 0.29) is 12.1 Å². The zero-order valence-electron chi connectivity index (χ0n) is 12.2.